The van der Waals surface area contributed by atoms with E-state index in [0.717, 1.165) is 58.5 Å². The van der Waals surface area contributed by atoms with Gasteiger partial charge in [0.25, 0.3) is 0 Å². The largest absolute Gasteiger partial charge is 0.355 e. The molecule has 0 radical (unpaired) electrons. The van der Waals surface area contributed by atoms with Crippen LogP contribution in [0, 0.1) is 5.92 Å². The normalized spacial score (nSPS) is 23.6. The van der Waals surface area contributed by atoms with Gasteiger partial charge in [-0.3, -0.25) is 4.79 Å². The van der Waals surface area contributed by atoms with Crippen LogP contribution < -0.4 is 10.6 Å². The van der Waals surface area contributed by atoms with E-state index in [0.29, 0.717) is 5.92 Å². The lowest BCUT2D eigenvalue weighted by molar-refractivity contribution is -0.125. The summed E-state index contributed by atoms with van der Waals surface area (Å²) in [5.74, 6) is 1.18. The number of nitrogens with zero attached hydrogens (tertiary/aromatic N) is 1. The monoisotopic (exact) mass is 329 g/mol. The van der Waals surface area contributed by atoms with E-state index in [1.807, 2.05) is 0 Å². The lowest BCUT2D eigenvalue weighted by Gasteiger charge is -2.32. The molecule has 132 valence electrons. The van der Waals surface area contributed by atoms with Crippen LogP contribution in [0.4, 0.5) is 0 Å². The van der Waals surface area contributed by atoms with Crippen molar-refractivity contribution in [1.29, 1.82) is 0 Å². The van der Waals surface area contributed by atoms with E-state index in [-0.39, 0.29) is 11.8 Å². The number of rotatable bonds is 5. The highest BCUT2D eigenvalue weighted by Crippen LogP contribution is 2.27. The number of benzene rings is 1. The molecule has 1 aromatic rings. The van der Waals surface area contributed by atoms with Crippen LogP contribution in [0.3, 0.4) is 0 Å². The molecule has 1 amide bonds. The molecule has 4 heteroatoms. The van der Waals surface area contributed by atoms with Crippen molar-refractivity contribution in [2.75, 3.05) is 39.3 Å². The minimum atomic E-state index is 0.212. The molecular formula is C20H31N3O. The Bertz CT molecular complexity index is 489. The minimum absolute atomic E-state index is 0.212. The van der Waals surface area contributed by atoms with Crippen LogP contribution in [-0.2, 0) is 4.79 Å². The second kappa shape index (κ2) is 9.19. The van der Waals surface area contributed by atoms with Crippen molar-refractivity contribution in [3.05, 3.63) is 35.9 Å². The Morgan fingerprint density at radius 1 is 1.08 bits per heavy atom. The van der Waals surface area contributed by atoms with Crippen molar-refractivity contribution in [3.8, 4) is 0 Å². The van der Waals surface area contributed by atoms with Crippen LogP contribution in [0.1, 0.15) is 43.6 Å². The zero-order valence-electron chi connectivity index (χ0n) is 14.7. The zero-order chi connectivity index (χ0) is 16.6. The van der Waals surface area contributed by atoms with Crippen LogP contribution in [0.25, 0.3) is 0 Å². The van der Waals surface area contributed by atoms with E-state index in [9.17, 15) is 4.79 Å². The molecule has 0 bridgehead atoms. The van der Waals surface area contributed by atoms with Gasteiger partial charge in [0, 0.05) is 19.0 Å². The zero-order valence-corrected chi connectivity index (χ0v) is 14.7. The van der Waals surface area contributed by atoms with E-state index in [1.54, 1.807) is 0 Å². The summed E-state index contributed by atoms with van der Waals surface area (Å²) in [5.41, 5.74) is 1.48. The second-order valence-electron chi connectivity index (χ2n) is 7.20. The molecule has 2 N–H and O–H groups in total. The summed E-state index contributed by atoms with van der Waals surface area (Å²) in [6.07, 6.45) is 5.58. The van der Waals surface area contributed by atoms with Crippen molar-refractivity contribution >= 4 is 5.91 Å². The van der Waals surface area contributed by atoms with E-state index in [1.165, 1.54) is 18.4 Å². The Morgan fingerprint density at radius 2 is 1.88 bits per heavy atom. The Labute approximate surface area is 146 Å². The molecular weight excluding hydrogens is 298 g/mol. The van der Waals surface area contributed by atoms with Crippen LogP contribution >= 0.6 is 0 Å². The second-order valence-corrected chi connectivity index (χ2v) is 7.20. The third-order valence-electron chi connectivity index (χ3n) is 5.53. The van der Waals surface area contributed by atoms with E-state index in [2.05, 4.69) is 45.9 Å². The van der Waals surface area contributed by atoms with Gasteiger partial charge in [-0.2, -0.15) is 0 Å². The van der Waals surface area contributed by atoms with Crippen molar-refractivity contribution in [2.24, 2.45) is 5.92 Å². The molecule has 2 aliphatic heterocycles. The topological polar surface area (TPSA) is 44.4 Å². The average Bonchev–Trinajstić information content (AvgIpc) is 2.92. The molecule has 2 fully saturated rings. The van der Waals surface area contributed by atoms with Gasteiger partial charge in [-0.1, -0.05) is 30.3 Å². The molecule has 2 heterocycles. The van der Waals surface area contributed by atoms with E-state index >= 15 is 0 Å². The smallest absolute Gasteiger partial charge is 0.223 e. The van der Waals surface area contributed by atoms with Crippen molar-refractivity contribution in [2.45, 2.75) is 38.0 Å². The standard InChI is InChI=1S/C20H31N3O/c24-20(19-7-4-11-21-12-8-19)22-13-16-23-14-9-18(10-15-23)17-5-2-1-3-6-17/h1-3,5-6,18-19,21H,4,7-16H2,(H,22,24)/t19-/m1/s1. The third kappa shape index (κ3) is 5.05. The van der Waals surface area contributed by atoms with Gasteiger partial charge in [0.2, 0.25) is 5.91 Å². The first-order valence-electron chi connectivity index (χ1n) is 9.58. The molecule has 2 saturated heterocycles. The molecule has 24 heavy (non-hydrogen) atoms. The number of carbonyl (C=O) groups is 1. The van der Waals surface area contributed by atoms with Crippen LogP contribution in [0.5, 0.6) is 0 Å². The fourth-order valence-corrected chi connectivity index (χ4v) is 3.98. The maximum Gasteiger partial charge on any atom is 0.223 e. The molecule has 0 aliphatic carbocycles. The average molecular weight is 329 g/mol. The number of hydrogen-bond donors (Lipinski definition) is 2. The predicted molar refractivity (Wildman–Crippen MR) is 98.1 cm³/mol. The Hall–Kier alpha value is -1.39. The molecule has 2 aliphatic rings. The van der Waals surface area contributed by atoms with Crippen molar-refractivity contribution < 1.29 is 4.79 Å². The molecule has 0 aromatic heterocycles. The number of carbonyl (C=O) groups excluding carboxylic acids is 1. The lowest BCUT2D eigenvalue weighted by Crippen LogP contribution is -2.40. The minimum Gasteiger partial charge on any atom is -0.355 e. The molecule has 1 aromatic carbocycles. The maximum absolute atomic E-state index is 12.3. The number of nitrogens with one attached hydrogen (secondary N) is 2. The highest BCUT2D eigenvalue weighted by molar-refractivity contribution is 5.78. The highest BCUT2D eigenvalue weighted by Gasteiger charge is 2.22. The van der Waals surface area contributed by atoms with Gasteiger partial charge in [-0.05, 0) is 69.8 Å². The summed E-state index contributed by atoms with van der Waals surface area (Å²) in [6, 6.07) is 10.9. The predicted octanol–water partition coefficient (Wildman–Crippen LogP) is 2.37. The Morgan fingerprint density at radius 3 is 2.67 bits per heavy atom. The Kier molecular flexibility index (Phi) is 6.67. The summed E-state index contributed by atoms with van der Waals surface area (Å²) < 4.78 is 0. The van der Waals surface area contributed by atoms with Crippen LogP contribution in [0.15, 0.2) is 30.3 Å². The first kappa shape index (κ1) is 17.4. The lowest BCUT2D eigenvalue weighted by atomic mass is 9.89. The number of hydrogen-bond acceptors (Lipinski definition) is 3. The fourth-order valence-electron chi connectivity index (χ4n) is 3.98. The third-order valence-corrected chi connectivity index (χ3v) is 5.53. The van der Waals surface area contributed by atoms with E-state index in [4.69, 9.17) is 0 Å². The van der Waals surface area contributed by atoms with Gasteiger partial charge in [-0.15, -0.1) is 0 Å². The van der Waals surface area contributed by atoms with Crippen LogP contribution in [0.2, 0.25) is 0 Å². The first-order chi connectivity index (χ1) is 11.8. The van der Waals surface area contributed by atoms with Gasteiger partial charge < -0.3 is 15.5 Å². The summed E-state index contributed by atoms with van der Waals surface area (Å²) in [7, 11) is 0. The van der Waals surface area contributed by atoms with Crippen molar-refractivity contribution in [1.82, 2.24) is 15.5 Å². The van der Waals surface area contributed by atoms with Gasteiger partial charge in [0.1, 0.15) is 0 Å². The quantitative estimate of drug-likeness (QED) is 0.872. The molecule has 4 nitrogen and oxygen atoms in total. The van der Waals surface area contributed by atoms with E-state index < -0.39 is 0 Å². The van der Waals surface area contributed by atoms with Crippen LogP contribution in [-0.4, -0.2) is 50.1 Å². The summed E-state index contributed by atoms with van der Waals surface area (Å²) in [6.45, 7) is 6.09. The number of piperidine rings is 1. The highest BCUT2D eigenvalue weighted by atomic mass is 16.1. The van der Waals surface area contributed by atoms with Gasteiger partial charge >= 0.3 is 0 Å². The molecule has 3 rings (SSSR count). The van der Waals surface area contributed by atoms with Gasteiger partial charge in [0.15, 0.2) is 0 Å². The first-order valence-corrected chi connectivity index (χ1v) is 9.58. The van der Waals surface area contributed by atoms with Gasteiger partial charge in [0.05, 0.1) is 0 Å². The van der Waals surface area contributed by atoms with Gasteiger partial charge in [-0.25, -0.2) is 0 Å². The Balaban J connectivity index is 1.34. The molecule has 1 atom stereocenters. The molecule has 0 saturated carbocycles. The summed E-state index contributed by atoms with van der Waals surface area (Å²) >= 11 is 0. The molecule has 0 spiro atoms. The summed E-state index contributed by atoms with van der Waals surface area (Å²) in [5, 5.41) is 6.53. The maximum atomic E-state index is 12.3. The summed E-state index contributed by atoms with van der Waals surface area (Å²) in [4.78, 5) is 14.8. The molecule has 0 unspecified atom stereocenters. The SMILES string of the molecule is O=C(NCCN1CCC(c2ccccc2)CC1)[C@@H]1CCCNCC1. The fraction of sp³-hybridized carbons (Fsp3) is 0.650. The van der Waals surface area contributed by atoms with Crippen molar-refractivity contribution in [3.63, 3.8) is 0 Å². The number of amides is 1. The number of likely N-dealkylation sites (tertiary alicyclic amines) is 1.